The Labute approximate surface area is 431 Å². The Balaban J connectivity index is 1.23. The molecule has 0 atom stereocenters. The van der Waals surface area contributed by atoms with E-state index in [1.807, 2.05) is 11.3 Å². The minimum absolute atomic E-state index is 0.0330. The molecule has 5 aromatic carbocycles. The molecule has 366 valence electrons. The van der Waals surface area contributed by atoms with E-state index in [0.717, 1.165) is 22.8 Å². The minimum Gasteiger partial charge on any atom is -0.356 e. The average Bonchev–Trinajstić information content (AvgIpc) is 3.60. The van der Waals surface area contributed by atoms with E-state index in [2.05, 4.69) is 201 Å². The maximum atomic E-state index is 7.57. The zero-order valence-electron chi connectivity index (χ0n) is 45.9. The molecule has 5 heteroatoms. The predicted molar refractivity (Wildman–Crippen MR) is 308 cm³/mol. The summed E-state index contributed by atoms with van der Waals surface area (Å²) < 4.78 is 2.85. The normalized spacial score (nSPS) is 22.3. The molecule has 0 unspecified atom stereocenters. The first-order chi connectivity index (χ1) is 32.4. The van der Waals surface area contributed by atoms with Gasteiger partial charge in [0, 0.05) is 38.2 Å². The van der Waals surface area contributed by atoms with Crippen molar-refractivity contribution in [2.24, 2.45) is 0 Å². The molecule has 70 heavy (non-hydrogen) atoms. The Morgan fingerprint density at radius 3 is 1.46 bits per heavy atom. The Bertz CT molecular complexity index is 3190. The van der Waals surface area contributed by atoms with Gasteiger partial charge in [0.25, 0.3) is 6.71 Å². The fourth-order valence-corrected chi connectivity index (χ4v) is 15.8. The van der Waals surface area contributed by atoms with Gasteiger partial charge in [0.05, 0.1) is 0 Å². The largest absolute Gasteiger partial charge is 0.356 e. The Hall–Kier alpha value is -3.99. The van der Waals surface area contributed by atoms with Gasteiger partial charge in [0.2, 0.25) is 0 Å². The van der Waals surface area contributed by atoms with Crippen molar-refractivity contribution in [3.8, 4) is 0 Å². The zero-order chi connectivity index (χ0) is 50.3. The Morgan fingerprint density at radius 2 is 0.914 bits per heavy atom. The lowest BCUT2D eigenvalue weighted by molar-refractivity contribution is 0.332. The summed E-state index contributed by atoms with van der Waals surface area (Å²) in [5, 5.41) is 6.33. The van der Waals surface area contributed by atoms with Crippen LogP contribution in [0.5, 0.6) is 0 Å². The number of hydrogen-bond acceptors (Lipinski definition) is 3. The molecule has 2 heterocycles. The molecule has 0 amide bonds. The number of benzene rings is 5. The summed E-state index contributed by atoms with van der Waals surface area (Å²) in [6.07, 6.45) is 9.46. The molecule has 6 aromatic rings. The van der Waals surface area contributed by atoms with Crippen molar-refractivity contribution >= 4 is 83.9 Å². The molecule has 1 aromatic heterocycles. The number of halogens is 1. The van der Waals surface area contributed by atoms with Crippen LogP contribution < -0.4 is 25.9 Å². The van der Waals surface area contributed by atoms with E-state index in [-0.39, 0.29) is 50.0 Å². The van der Waals surface area contributed by atoms with Crippen LogP contribution in [0.15, 0.2) is 72.8 Å². The number of thiophene rings is 1. The molecular weight excluding hydrogens is 887 g/mol. The highest BCUT2D eigenvalue weighted by Gasteiger charge is 2.47. The monoisotopic (exact) mass is 967 g/mol. The van der Waals surface area contributed by atoms with Crippen LogP contribution in [0.1, 0.15) is 212 Å². The van der Waals surface area contributed by atoms with Gasteiger partial charge in [-0.1, -0.05) is 141 Å². The Kier molecular flexibility index (Phi) is 10.5. The van der Waals surface area contributed by atoms with E-state index in [0.29, 0.717) is 0 Å². The third-order valence-electron chi connectivity index (χ3n) is 19.6. The number of rotatable bonds is 4. The lowest BCUT2D eigenvalue weighted by Gasteiger charge is -2.46. The second-order valence-electron chi connectivity index (χ2n) is 28.3. The molecule has 5 aliphatic rings. The van der Waals surface area contributed by atoms with Crippen molar-refractivity contribution in [3.05, 3.63) is 128 Å². The van der Waals surface area contributed by atoms with Crippen molar-refractivity contribution in [2.45, 2.75) is 212 Å². The van der Waals surface area contributed by atoms with Crippen molar-refractivity contribution in [3.63, 3.8) is 0 Å². The van der Waals surface area contributed by atoms with Crippen molar-refractivity contribution in [1.29, 1.82) is 0 Å². The fourth-order valence-electron chi connectivity index (χ4n) is 14.2. The third-order valence-corrected chi connectivity index (χ3v) is 21.2. The van der Waals surface area contributed by atoms with Crippen molar-refractivity contribution < 1.29 is 0 Å². The van der Waals surface area contributed by atoms with Gasteiger partial charge in [0.1, 0.15) is 0 Å². The van der Waals surface area contributed by atoms with E-state index < -0.39 is 0 Å². The van der Waals surface area contributed by atoms with E-state index in [1.54, 1.807) is 0 Å². The highest BCUT2D eigenvalue weighted by atomic mass is 35.5. The van der Waals surface area contributed by atoms with E-state index in [1.165, 1.54) is 138 Å². The number of anilines is 5. The first-order valence-corrected chi connectivity index (χ1v) is 28.1. The second kappa shape index (κ2) is 15.3. The molecule has 1 N–H and O–H groups in total. The smallest absolute Gasteiger partial charge is 0.262 e. The van der Waals surface area contributed by atoms with Gasteiger partial charge < -0.3 is 10.2 Å². The van der Waals surface area contributed by atoms with Gasteiger partial charge in [-0.25, -0.2) is 0 Å². The number of nitrogens with zero attached hydrogens (tertiary/aromatic N) is 1. The molecule has 1 aliphatic heterocycles. The van der Waals surface area contributed by atoms with Gasteiger partial charge in [0.15, 0.2) is 0 Å². The summed E-state index contributed by atoms with van der Waals surface area (Å²) in [5.41, 5.74) is 22.7. The molecule has 0 radical (unpaired) electrons. The van der Waals surface area contributed by atoms with Crippen LogP contribution >= 0.6 is 22.9 Å². The molecule has 0 saturated carbocycles. The van der Waals surface area contributed by atoms with Crippen molar-refractivity contribution in [1.82, 2.24) is 0 Å². The third kappa shape index (κ3) is 7.35. The molecule has 0 spiro atoms. The van der Waals surface area contributed by atoms with Crippen LogP contribution in [-0.4, -0.2) is 6.71 Å². The summed E-state index contributed by atoms with van der Waals surface area (Å²) in [4.78, 5) is 2.64. The molecule has 0 bridgehead atoms. The van der Waals surface area contributed by atoms with Crippen LogP contribution in [0.2, 0.25) is 5.02 Å². The first-order valence-electron chi connectivity index (χ1n) is 26.9. The molecule has 0 fully saturated rings. The maximum Gasteiger partial charge on any atom is 0.262 e. The topological polar surface area (TPSA) is 15.3 Å². The number of aryl methyl sites for hydroxylation is 1. The van der Waals surface area contributed by atoms with Crippen LogP contribution in [0.25, 0.3) is 10.1 Å². The SMILES string of the molecule is Cc1c(B2c3cc4c(cc3N(c3ccc5c(c3)C(C)(C)CCC5(C)C)c3cc(Cl)cc(Nc5ccc6c(c5)C(C)(C)CCC6(C)C)c32)C(C)(C)CCC4(C)C)sc2cc3c(cc12)C(C)(C)CCC3(C)C. The van der Waals surface area contributed by atoms with Gasteiger partial charge in [-0.2, -0.15) is 0 Å². The summed E-state index contributed by atoms with van der Waals surface area (Å²) in [6.45, 7) is 41.8. The summed E-state index contributed by atoms with van der Waals surface area (Å²) in [7, 11) is 0. The summed E-state index contributed by atoms with van der Waals surface area (Å²) in [6, 6.07) is 29.8. The quantitative estimate of drug-likeness (QED) is 0.177. The first kappa shape index (κ1) is 48.3. The molecule has 2 nitrogen and oxygen atoms in total. The lowest BCUT2D eigenvalue weighted by atomic mass is 9.36. The molecular formula is C65H80BClN2S. The van der Waals surface area contributed by atoms with Crippen LogP contribution in [0.4, 0.5) is 28.4 Å². The van der Waals surface area contributed by atoms with Gasteiger partial charge in [-0.3, -0.25) is 0 Å². The van der Waals surface area contributed by atoms with Crippen LogP contribution in [0, 0.1) is 6.92 Å². The summed E-state index contributed by atoms with van der Waals surface area (Å²) >= 11 is 9.61. The molecule has 4 aliphatic carbocycles. The molecule has 0 saturated heterocycles. The molecule has 11 rings (SSSR count). The standard InChI is InChI=1S/C65H80BClN2S/c1-38-42-34-47-50(65(16,17)29-26-62(47,10)11)37-55(42)70-57(38)66-51-35-48-49(64(14,15)28-27-63(48,12)13)36-53(51)69(41-19-21-44-46(33-41)61(8,9)25-23-59(44,4)5)54-31-39(67)30-52(56(54)66)68-40-18-20-43-45(32-40)60(6,7)24-22-58(43,2)3/h18-21,30-37,68H,22-29H2,1-17H3. The Morgan fingerprint density at radius 1 is 0.471 bits per heavy atom. The van der Waals surface area contributed by atoms with Crippen LogP contribution in [-0.2, 0) is 43.3 Å². The van der Waals surface area contributed by atoms with Gasteiger partial charge >= 0.3 is 0 Å². The van der Waals surface area contributed by atoms with E-state index >= 15 is 0 Å². The second-order valence-corrected chi connectivity index (χ2v) is 29.8. The summed E-state index contributed by atoms with van der Waals surface area (Å²) in [5.74, 6) is 0. The lowest BCUT2D eigenvalue weighted by Crippen LogP contribution is -2.58. The zero-order valence-corrected chi connectivity index (χ0v) is 47.5. The van der Waals surface area contributed by atoms with Crippen LogP contribution in [0.3, 0.4) is 0 Å². The maximum absolute atomic E-state index is 7.57. The predicted octanol–water partition coefficient (Wildman–Crippen LogP) is 17.3. The van der Waals surface area contributed by atoms with E-state index in [9.17, 15) is 0 Å². The number of nitrogens with one attached hydrogen (secondary N) is 1. The van der Waals surface area contributed by atoms with Gasteiger partial charge in [-0.05, 0) is 227 Å². The van der Waals surface area contributed by atoms with E-state index in [4.69, 9.17) is 11.6 Å². The average molecular weight is 968 g/mol. The minimum atomic E-state index is -0.0383. The highest BCUT2D eigenvalue weighted by molar-refractivity contribution is 7.32. The number of hydrogen-bond donors (Lipinski definition) is 1. The van der Waals surface area contributed by atoms with Gasteiger partial charge in [-0.15, -0.1) is 11.3 Å². The fraction of sp³-hybridized carbons (Fsp3) is 0.508. The van der Waals surface area contributed by atoms with Crippen molar-refractivity contribution in [2.75, 3.05) is 10.2 Å². The number of fused-ring (bicyclic) bond motifs is 7. The highest BCUT2D eigenvalue weighted by Crippen LogP contribution is 2.54.